The number of fused-ring (bicyclic) bond motifs is 5. The maximum atomic E-state index is 14.3. The number of hydrogen-bond acceptors (Lipinski definition) is 26. The van der Waals surface area contributed by atoms with Gasteiger partial charge < -0.3 is 46.7 Å². The molecule has 13 aromatic heterocycles. The summed E-state index contributed by atoms with van der Waals surface area (Å²) in [5, 5.41) is 65.8. The van der Waals surface area contributed by atoms with Gasteiger partial charge in [-0.1, -0.05) is 211 Å². The molecule has 141 heavy (non-hydrogen) atoms. The predicted molar refractivity (Wildman–Crippen MR) is 558 cm³/mol. The molecule has 1 saturated heterocycles. The summed E-state index contributed by atoms with van der Waals surface area (Å²) in [7, 11) is 0. The molecule has 0 radical (unpaired) electrons. The van der Waals surface area contributed by atoms with Crippen molar-refractivity contribution in [3.8, 4) is 79.2 Å². The quantitative estimate of drug-likeness (QED) is 0.0278. The molecular formula is C100H85Br5Cl2F2N30O2. The minimum Gasteiger partial charge on any atom is -0.370 e. The highest BCUT2D eigenvalue weighted by Gasteiger charge is 2.24. The van der Waals surface area contributed by atoms with Crippen LogP contribution in [0.2, 0.25) is 10.0 Å². The lowest BCUT2D eigenvalue weighted by atomic mass is 9.87. The minimum absolute atomic E-state index is 0.326. The first-order valence-electron chi connectivity index (χ1n) is 45.0. The maximum absolute atomic E-state index is 14.3. The molecule has 1 aliphatic carbocycles. The number of anilines is 5. The Hall–Kier alpha value is -14.0. The van der Waals surface area contributed by atoms with Gasteiger partial charge in [0, 0.05) is 130 Å². The van der Waals surface area contributed by atoms with Gasteiger partial charge in [0.05, 0.1) is 76.1 Å². The second kappa shape index (κ2) is 45.1. The van der Waals surface area contributed by atoms with Gasteiger partial charge in [-0.15, -0.1) is 10.2 Å². The molecule has 1 unspecified atom stereocenters. The van der Waals surface area contributed by atoms with E-state index in [1.807, 2.05) is 142 Å². The Bertz CT molecular complexity index is 7640. The molecule has 1 saturated carbocycles. The Labute approximate surface area is 856 Å². The van der Waals surface area contributed by atoms with Crippen LogP contribution in [0.4, 0.5) is 37.9 Å². The van der Waals surface area contributed by atoms with E-state index in [1.165, 1.54) is 69.9 Å². The summed E-state index contributed by atoms with van der Waals surface area (Å²) in [5.74, 6) is 6.31. The fourth-order valence-electron chi connectivity index (χ4n) is 16.3. The van der Waals surface area contributed by atoms with Gasteiger partial charge in [0.15, 0.2) is 28.2 Å². The molecule has 1 aliphatic heterocycles. The van der Waals surface area contributed by atoms with Gasteiger partial charge in [-0.3, -0.25) is 0 Å². The molecule has 710 valence electrons. The van der Waals surface area contributed by atoms with Crippen molar-refractivity contribution in [1.82, 2.24) is 119 Å². The van der Waals surface area contributed by atoms with E-state index >= 15 is 0 Å². The summed E-state index contributed by atoms with van der Waals surface area (Å²) in [4.78, 5) is 31.6. The topological polar surface area (TPSA) is 381 Å². The summed E-state index contributed by atoms with van der Waals surface area (Å²) in [5.41, 5.74) is 23.9. The largest absolute Gasteiger partial charge is 0.370 e. The molecule has 0 amide bonds. The van der Waals surface area contributed by atoms with Gasteiger partial charge in [0.25, 0.3) is 0 Å². The summed E-state index contributed by atoms with van der Waals surface area (Å²) in [6.45, 7) is 6.06. The van der Waals surface area contributed by atoms with Gasteiger partial charge in [-0.2, -0.15) is 63.3 Å². The van der Waals surface area contributed by atoms with Crippen molar-refractivity contribution in [1.29, 1.82) is 0 Å². The zero-order valence-electron chi connectivity index (χ0n) is 74.8. The molecule has 41 heteroatoms. The smallest absolute Gasteiger partial charge is 0.214 e. The number of tetrazole rings is 1. The van der Waals surface area contributed by atoms with Crippen molar-refractivity contribution < 1.29 is 17.8 Å². The van der Waals surface area contributed by atoms with E-state index < -0.39 is 0 Å². The number of aromatic nitrogens is 23. The third kappa shape index (κ3) is 22.9. The number of hydrogen-bond donors (Lipinski definition) is 8. The van der Waals surface area contributed by atoms with Gasteiger partial charge >= 0.3 is 0 Å². The number of halogens is 9. The zero-order valence-corrected chi connectivity index (χ0v) is 84.2. The first-order valence-corrected chi connectivity index (χ1v) is 49.7. The standard InChI is InChI=1S/C21H14BrFN6O.C21H21BrN6O.C20H17BrClN5.C20H14BrFN8.C18H19BrClN5/c22-16-11-26-29-19(9-18(27-21(16)29)15-3-1-2-4-17(15)23)24-10-13-5-7-14(8-6-13)20-25-12-30-28-20;22-17-12-25-28-19(10-18(26-21(17)28)15-4-2-1-3-5-15)23-11-14-6-8-16(9-7-14)20-24-13-29-27-20;21-16-12-25-27-19(24-11-14-7-5-13(10-23)6-8-14)9-18(26-20(16)27)15-3-1-2-4-17(15)22;21-15-11-24-30-18(9-17(25-20(15)30)14-3-1-2-4-16(14)22)23-10-12-5-7-13(8-6-12)19-26-28-29-27-19;19-14-11-23-25-17(22-10-12-4-3-7-21-9-12)8-16(24-18(14)25)13-5-1-2-6-15(13)20/h1-9,11-12,24H,10H2;6-10,12-13,15,23H,1-5,11H2;1-9,12,24H,10-11,23H2;1-9,11,23H,10H2,(H,26,27,28,29);1-2,5-6,8,11-12,21-22H,3-4,7,9-10H2. The average Bonchev–Trinajstić information content (AvgIpc) is 1.70. The highest BCUT2D eigenvalue weighted by atomic mass is 79.9. The van der Waals surface area contributed by atoms with Crippen molar-refractivity contribution in [2.75, 3.05) is 46.2 Å². The molecule has 8 aromatic carbocycles. The molecule has 2 fully saturated rings. The molecule has 1 atom stereocenters. The molecule has 9 N–H and O–H groups in total. The van der Waals surface area contributed by atoms with Crippen molar-refractivity contribution >= 4 is 160 Å². The lowest BCUT2D eigenvalue weighted by Gasteiger charge is -2.23. The first kappa shape index (κ1) is 95.9. The minimum atomic E-state index is -0.326. The molecule has 2 aliphatic rings. The summed E-state index contributed by atoms with van der Waals surface area (Å²) >= 11 is 30.3. The number of benzene rings is 8. The van der Waals surface area contributed by atoms with Crippen LogP contribution in [0.15, 0.2) is 300 Å². The highest BCUT2D eigenvalue weighted by molar-refractivity contribution is 9.11. The SMILES string of the molecule is Brc1cnn2c(NCc3ccc(-c4ncon4)cc3)cc(C3CCCCC3)nc12.Clc1ccccc1-c1cc(NCC2CCCNC2)n2ncc(Br)c2n1.Fc1ccccc1-c1cc(NCc2ccc(-c3ncon3)cc2)n2ncc(Br)c2n1.Fc1ccccc1-c1cc(NCc2ccc(-c3nn[nH]n3)cc2)n2ncc(Br)c2n1.NCc1ccc(CNc2cc(-c3ccccc3Cl)nc3c(Br)cnn23)cc1. The normalized spacial score (nSPS) is 13.1. The van der Waals surface area contributed by atoms with Crippen LogP contribution in [0.5, 0.6) is 0 Å². The van der Waals surface area contributed by atoms with Gasteiger partial charge in [-0.05, 0) is 194 Å². The zero-order chi connectivity index (χ0) is 96.7. The van der Waals surface area contributed by atoms with Gasteiger partial charge in [0.2, 0.25) is 30.3 Å². The molecule has 14 heterocycles. The predicted octanol–water partition coefficient (Wildman–Crippen LogP) is 23.4. The lowest BCUT2D eigenvalue weighted by Crippen LogP contribution is -2.33. The van der Waals surface area contributed by atoms with E-state index in [2.05, 4.69) is 218 Å². The van der Waals surface area contributed by atoms with Crippen LogP contribution in [0.1, 0.15) is 84.4 Å². The number of rotatable bonds is 24. The van der Waals surface area contributed by atoms with Crippen LogP contribution < -0.4 is 37.6 Å². The van der Waals surface area contributed by atoms with Crippen LogP contribution in [0.25, 0.3) is 107 Å². The van der Waals surface area contributed by atoms with Crippen molar-refractivity contribution in [2.45, 2.75) is 83.6 Å². The van der Waals surface area contributed by atoms with E-state index in [1.54, 1.807) is 93.1 Å². The molecule has 0 bridgehead atoms. The fraction of sp³-hybridized carbons (Fsp3) is 0.170. The molecule has 23 rings (SSSR count). The van der Waals surface area contributed by atoms with E-state index in [9.17, 15) is 8.78 Å². The van der Waals surface area contributed by atoms with Crippen LogP contribution in [-0.2, 0) is 32.7 Å². The second-order valence-corrected chi connectivity index (χ2v) is 38.0. The number of nitrogens with two attached hydrogens (primary N) is 1. The van der Waals surface area contributed by atoms with E-state index in [-0.39, 0.29) is 11.6 Å². The Balaban J connectivity index is 0.000000112. The average molecular weight is 2250 g/mol. The van der Waals surface area contributed by atoms with E-state index in [4.69, 9.17) is 52.9 Å². The first-order chi connectivity index (χ1) is 69.0. The highest BCUT2D eigenvalue weighted by Crippen LogP contribution is 2.38. The van der Waals surface area contributed by atoms with E-state index in [0.717, 1.165) is 149 Å². The molecule has 21 aromatic rings. The van der Waals surface area contributed by atoms with Crippen LogP contribution in [0, 0.1) is 17.6 Å². The monoisotopic (exact) mass is 2240 g/mol. The summed E-state index contributed by atoms with van der Waals surface area (Å²) in [6.07, 6.45) is 20.1. The number of nitrogens with zero attached hydrogens (tertiary/aromatic N) is 22. The van der Waals surface area contributed by atoms with Gasteiger partial charge in [0.1, 0.15) is 40.7 Å². The van der Waals surface area contributed by atoms with Crippen LogP contribution >= 0.6 is 103 Å². The maximum Gasteiger partial charge on any atom is 0.214 e. The van der Waals surface area contributed by atoms with Crippen molar-refractivity contribution in [3.63, 3.8) is 0 Å². The summed E-state index contributed by atoms with van der Waals surface area (Å²) < 4.78 is 51.2. The number of aromatic amines is 1. The number of piperidine rings is 1. The Morgan fingerprint density at radius 3 is 1.11 bits per heavy atom. The Morgan fingerprint density at radius 2 is 0.745 bits per heavy atom. The van der Waals surface area contributed by atoms with Crippen LogP contribution in [-0.4, -0.2) is 134 Å². The number of H-pyrrole nitrogens is 1. The lowest BCUT2D eigenvalue weighted by molar-refractivity contribution is 0.392. The number of nitrogens with one attached hydrogen (secondary N) is 7. The Morgan fingerprint density at radius 1 is 0.390 bits per heavy atom. The van der Waals surface area contributed by atoms with Crippen molar-refractivity contribution in [3.05, 3.63) is 346 Å². The van der Waals surface area contributed by atoms with E-state index in [0.29, 0.717) is 118 Å². The summed E-state index contributed by atoms with van der Waals surface area (Å²) in [6, 6.07) is 70.3. The third-order valence-corrected chi connectivity index (χ3v) is 27.1. The van der Waals surface area contributed by atoms with Crippen LogP contribution in [0.3, 0.4) is 0 Å². The fourth-order valence-corrected chi connectivity index (χ4v) is 18.5. The molecular weight excluding hydrogens is 2160 g/mol. The third-order valence-electron chi connectivity index (χ3n) is 23.6. The molecule has 32 nitrogen and oxygen atoms in total. The molecule has 0 spiro atoms. The van der Waals surface area contributed by atoms with Crippen molar-refractivity contribution in [2.24, 2.45) is 11.7 Å². The van der Waals surface area contributed by atoms with Gasteiger partial charge in [-0.25, -0.2) is 33.7 Å². The Kier molecular flexibility index (Phi) is 30.6. The second-order valence-electron chi connectivity index (χ2n) is 32.9.